The second-order valence-electron chi connectivity index (χ2n) is 5.47. The largest absolute Gasteiger partial charge is 0.462 e. The van der Waals surface area contributed by atoms with Crippen molar-refractivity contribution in [3.8, 4) is 0 Å². The summed E-state index contributed by atoms with van der Waals surface area (Å²) < 4.78 is 18.7. The van der Waals surface area contributed by atoms with Crippen LogP contribution < -0.4 is 5.32 Å². The first-order valence-electron chi connectivity index (χ1n) is 7.96. The summed E-state index contributed by atoms with van der Waals surface area (Å²) in [5.74, 6) is -1.02. The first kappa shape index (κ1) is 19.1. The van der Waals surface area contributed by atoms with Gasteiger partial charge >= 0.3 is 5.97 Å². The van der Waals surface area contributed by atoms with Gasteiger partial charge in [-0.25, -0.2) is 9.18 Å². The zero-order chi connectivity index (χ0) is 18.2. The SMILES string of the molecule is CCCOC(=O)c1ccc(NC(=O)C(Br)Cc2ccccc2F)cc1. The monoisotopic (exact) mass is 407 g/mol. The molecule has 6 heteroatoms. The van der Waals surface area contributed by atoms with Gasteiger partial charge in [0.05, 0.1) is 17.0 Å². The molecule has 0 spiro atoms. The number of ether oxygens (including phenoxy) is 1. The lowest BCUT2D eigenvalue weighted by Crippen LogP contribution is -2.25. The van der Waals surface area contributed by atoms with Crippen molar-refractivity contribution in [1.29, 1.82) is 0 Å². The Morgan fingerprint density at radius 2 is 1.84 bits per heavy atom. The molecule has 0 aromatic heterocycles. The zero-order valence-electron chi connectivity index (χ0n) is 13.8. The quantitative estimate of drug-likeness (QED) is 0.548. The maximum absolute atomic E-state index is 13.7. The molecule has 0 saturated carbocycles. The standard InChI is InChI=1S/C19H19BrFNO3/c1-2-11-25-19(24)13-7-9-15(10-8-13)22-18(23)16(20)12-14-5-3-4-6-17(14)21/h3-10,16H,2,11-12H2,1H3,(H,22,23). The van der Waals surface area contributed by atoms with Gasteiger partial charge in [0.15, 0.2) is 0 Å². The van der Waals surface area contributed by atoms with Crippen LogP contribution in [0.4, 0.5) is 10.1 Å². The van der Waals surface area contributed by atoms with E-state index >= 15 is 0 Å². The molecule has 0 bridgehead atoms. The van der Waals surface area contributed by atoms with Crippen molar-refractivity contribution < 1.29 is 18.7 Å². The molecular formula is C19H19BrFNO3. The zero-order valence-corrected chi connectivity index (χ0v) is 15.4. The molecule has 1 atom stereocenters. The summed E-state index contributed by atoms with van der Waals surface area (Å²) in [5.41, 5.74) is 1.44. The Labute approximate surface area is 154 Å². The Bertz CT molecular complexity index is 734. The summed E-state index contributed by atoms with van der Waals surface area (Å²) in [4.78, 5) is 23.4. The maximum Gasteiger partial charge on any atom is 0.338 e. The van der Waals surface area contributed by atoms with Gasteiger partial charge < -0.3 is 10.1 Å². The fourth-order valence-electron chi connectivity index (χ4n) is 2.14. The molecule has 0 aliphatic rings. The lowest BCUT2D eigenvalue weighted by molar-refractivity contribution is -0.115. The number of hydrogen-bond acceptors (Lipinski definition) is 3. The van der Waals surface area contributed by atoms with E-state index in [1.165, 1.54) is 6.07 Å². The van der Waals surface area contributed by atoms with Crippen LogP contribution in [0.3, 0.4) is 0 Å². The van der Waals surface area contributed by atoms with Crippen LogP contribution in [0.5, 0.6) is 0 Å². The van der Waals surface area contributed by atoms with Gasteiger partial charge in [0.25, 0.3) is 0 Å². The molecule has 4 nitrogen and oxygen atoms in total. The third-order valence-corrected chi connectivity index (χ3v) is 4.21. The Balaban J connectivity index is 1.93. The molecule has 0 fully saturated rings. The predicted octanol–water partition coefficient (Wildman–Crippen LogP) is 4.34. The summed E-state index contributed by atoms with van der Waals surface area (Å²) >= 11 is 3.28. The van der Waals surface area contributed by atoms with Gasteiger partial charge in [-0.1, -0.05) is 41.1 Å². The van der Waals surface area contributed by atoms with E-state index in [1.54, 1.807) is 42.5 Å². The van der Waals surface area contributed by atoms with Crippen molar-refractivity contribution >= 4 is 33.5 Å². The highest BCUT2D eigenvalue weighted by Gasteiger charge is 2.17. The molecule has 25 heavy (non-hydrogen) atoms. The van der Waals surface area contributed by atoms with Crippen LogP contribution in [0.25, 0.3) is 0 Å². The number of nitrogens with one attached hydrogen (secondary N) is 1. The van der Waals surface area contributed by atoms with Crippen LogP contribution in [0.2, 0.25) is 0 Å². The van der Waals surface area contributed by atoms with Crippen LogP contribution in [-0.2, 0) is 16.0 Å². The van der Waals surface area contributed by atoms with Gasteiger partial charge in [0.2, 0.25) is 5.91 Å². The number of anilines is 1. The third kappa shape index (κ3) is 5.67. The van der Waals surface area contributed by atoms with Crippen molar-refractivity contribution in [3.63, 3.8) is 0 Å². The topological polar surface area (TPSA) is 55.4 Å². The van der Waals surface area contributed by atoms with Crippen LogP contribution in [0.1, 0.15) is 29.3 Å². The van der Waals surface area contributed by atoms with Gasteiger partial charge in [0.1, 0.15) is 5.82 Å². The number of rotatable bonds is 7. The number of amides is 1. The molecule has 1 amide bonds. The Kier molecular flexibility index (Phi) is 7.13. The molecule has 0 aliphatic heterocycles. The molecule has 2 rings (SSSR count). The number of esters is 1. The van der Waals surface area contributed by atoms with Crippen molar-refractivity contribution in [1.82, 2.24) is 0 Å². The second kappa shape index (κ2) is 9.32. The second-order valence-corrected chi connectivity index (χ2v) is 6.57. The van der Waals surface area contributed by atoms with Crippen molar-refractivity contribution in [2.24, 2.45) is 0 Å². The number of halogens is 2. The minimum Gasteiger partial charge on any atom is -0.462 e. The number of alkyl halides is 1. The first-order chi connectivity index (χ1) is 12.0. The summed E-state index contributed by atoms with van der Waals surface area (Å²) in [5, 5.41) is 2.73. The predicted molar refractivity (Wildman–Crippen MR) is 98.5 cm³/mol. The number of carbonyl (C=O) groups excluding carboxylic acids is 2. The van der Waals surface area contributed by atoms with E-state index in [0.717, 1.165) is 6.42 Å². The van der Waals surface area contributed by atoms with Gasteiger partial charge in [-0.2, -0.15) is 0 Å². The smallest absolute Gasteiger partial charge is 0.338 e. The lowest BCUT2D eigenvalue weighted by atomic mass is 10.1. The van der Waals surface area contributed by atoms with Crippen molar-refractivity contribution in [3.05, 3.63) is 65.5 Å². The molecule has 0 aliphatic carbocycles. The highest BCUT2D eigenvalue weighted by atomic mass is 79.9. The fourth-order valence-corrected chi connectivity index (χ4v) is 2.60. The summed E-state index contributed by atoms with van der Waals surface area (Å²) in [6.45, 7) is 2.29. The number of hydrogen-bond donors (Lipinski definition) is 1. The highest BCUT2D eigenvalue weighted by molar-refractivity contribution is 9.10. The maximum atomic E-state index is 13.7. The Morgan fingerprint density at radius 3 is 2.48 bits per heavy atom. The van der Waals surface area contributed by atoms with E-state index in [9.17, 15) is 14.0 Å². The third-order valence-electron chi connectivity index (χ3n) is 3.47. The van der Waals surface area contributed by atoms with Crippen LogP contribution >= 0.6 is 15.9 Å². The van der Waals surface area contributed by atoms with E-state index in [-0.39, 0.29) is 18.1 Å². The molecular weight excluding hydrogens is 389 g/mol. The molecule has 2 aromatic carbocycles. The first-order valence-corrected chi connectivity index (χ1v) is 8.88. The van der Waals surface area contributed by atoms with Crippen LogP contribution in [-0.4, -0.2) is 23.3 Å². The molecule has 1 N–H and O–H groups in total. The average molecular weight is 408 g/mol. The van der Waals surface area contributed by atoms with Gasteiger partial charge in [-0.05, 0) is 48.7 Å². The minimum atomic E-state index is -0.571. The van der Waals surface area contributed by atoms with Crippen molar-refractivity contribution in [2.75, 3.05) is 11.9 Å². The number of carbonyl (C=O) groups is 2. The highest BCUT2D eigenvalue weighted by Crippen LogP contribution is 2.17. The fraction of sp³-hybridized carbons (Fsp3) is 0.263. The Morgan fingerprint density at radius 1 is 1.16 bits per heavy atom. The van der Waals surface area contributed by atoms with E-state index < -0.39 is 10.8 Å². The molecule has 0 radical (unpaired) electrons. The summed E-state index contributed by atoms with van der Waals surface area (Å²) in [6.07, 6.45) is 0.995. The van der Waals surface area contributed by atoms with Gasteiger partial charge in [-0.15, -0.1) is 0 Å². The molecule has 0 heterocycles. The average Bonchev–Trinajstić information content (AvgIpc) is 2.62. The molecule has 132 valence electrons. The van der Waals surface area contributed by atoms with Gasteiger partial charge in [0, 0.05) is 5.69 Å². The van der Waals surface area contributed by atoms with Gasteiger partial charge in [-0.3, -0.25) is 4.79 Å². The normalized spacial score (nSPS) is 11.6. The van der Waals surface area contributed by atoms with Crippen LogP contribution in [0.15, 0.2) is 48.5 Å². The Hall–Kier alpha value is -2.21. The summed E-state index contributed by atoms with van der Waals surface area (Å²) in [7, 11) is 0. The molecule has 0 saturated heterocycles. The number of benzene rings is 2. The van der Waals surface area contributed by atoms with E-state index in [1.807, 2.05) is 6.92 Å². The van der Waals surface area contributed by atoms with Crippen molar-refractivity contribution in [2.45, 2.75) is 24.6 Å². The minimum absolute atomic E-state index is 0.236. The van der Waals surface area contributed by atoms with E-state index in [0.29, 0.717) is 23.4 Å². The summed E-state index contributed by atoms with van der Waals surface area (Å²) in [6, 6.07) is 12.8. The van der Waals surface area contributed by atoms with E-state index in [4.69, 9.17) is 4.74 Å². The molecule has 1 unspecified atom stereocenters. The van der Waals surface area contributed by atoms with E-state index in [2.05, 4.69) is 21.2 Å². The molecule has 2 aromatic rings. The lowest BCUT2D eigenvalue weighted by Gasteiger charge is -2.12. The van der Waals surface area contributed by atoms with Crippen LogP contribution in [0, 0.1) is 5.82 Å².